The smallest absolute Gasteiger partial charge is 0.407 e. The highest BCUT2D eigenvalue weighted by molar-refractivity contribution is 6.17. The minimum Gasteiger partial charge on any atom is -0.469 e. The van der Waals surface area contributed by atoms with Gasteiger partial charge in [-0.1, -0.05) is 0 Å². The van der Waals surface area contributed by atoms with Gasteiger partial charge in [0.1, 0.15) is 5.60 Å². The number of esters is 1. The predicted octanol–water partition coefficient (Wildman–Crippen LogP) is 1.45. The number of aliphatic hydroxyl groups is 1. The van der Waals surface area contributed by atoms with Gasteiger partial charge in [-0.2, -0.15) is 0 Å². The maximum Gasteiger partial charge on any atom is 0.407 e. The number of alkyl halides is 1. The Morgan fingerprint density at radius 1 is 1.30 bits per heavy atom. The molecular weight excluding hydrogens is 326 g/mol. The first-order valence-electron chi connectivity index (χ1n) is 7.61. The quantitative estimate of drug-likeness (QED) is 0.575. The average molecular weight is 352 g/mol. The number of rotatable bonds is 5. The average Bonchev–Trinajstić information content (AvgIpc) is 2.44. The Kier molecular flexibility index (Phi) is 7.57. The van der Waals surface area contributed by atoms with Crippen LogP contribution in [0.1, 0.15) is 33.6 Å². The van der Waals surface area contributed by atoms with Gasteiger partial charge in [0, 0.05) is 11.9 Å². The molecule has 1 rings (SSSR count). The van der Waals surface area contributed by atoms with Gasteiger partial charge in [-0.05, 0) is 33.6 Å². The van der Waals surface area contributed by atoms with Crippen molar-refractivity contribution in [2.45, 2.75) is 57.5 Å². The van der Waals surface area contributed by atoms with E-state index in [9.17, 15) is 14.7 Å². The summed E-state index contributed by atoms with van der Waals surface area (Å²) in [6, 6.07) is -0.541. The summed E-state index contributed by atoms with van der Waals surface area (Å²) in [4.78, 5) is 23.9. The zero-order valence-electron chi connectivity index (χ0n) is 14.0. The highest BCUT2D eigenvalue weighted by Gasteiger charge is 2.42. The number of amides is 1. The van der Waals surface area contributed by atoms with Gasteiger partial charge < -0.3 is 24.6 Å². The summed E-state index contributed by atoms with van der Waals surface area (Å²) in [5.41, 5.74) is -0.645. The third-order valence-corrected chi connectivity index (χ3v) is 3.67. The van der Waals surface area contributed by atoms with Gasteiger partial charge >= 0.3 is 12.1 Å². The minimum atomic E-state index is -0.820. The molecule has 0 saturated heterocycles. The third kappa shape index (κ3) is 6.53. The molecule has 0 aromatic carbocycles. The number of carbonyl (C=O) groups excluding carboxylic acids is 2. The number of halogens is 1. The van der Waals surface area contributed by atoms with E-state index in [1.807, 2.05) is 0 Å². The molecule has 0 aromatic heterocycles. The van der Waals surface area contributed by atoms with Crippen molar-refractivity contribution in [2.75, 3.05) is 19.6 Å². The highest BCUT2D eigenvalue weighted by atomic mass is 35.5. The lowest BCUT2D eigenvalue weighted by Gasteiger charge is -2.38. The Balaban J connectivity index is 2.78. The van der Waals surface area contributed by atoms with Crippen molar-refractivity contribution >= 4 is 23.7 Å². The van der Waals surface area contributed by atoms with E-state index in [1.54, 1.807) is 20.8 Å². The summed E-state index contributed by atoms with van der Waals surface area (Å²) in [7, 11) is 1.27. The fourth-order valence-corrected chi connectivity index (χ4v) is 2.64. The zero-order chi connectivity index (χ0) is 17.6. The van der Waals surface area contributed by atoms with Gasteiger partial charge in [0.25, 0.3) is 0 Å². The largest absolute Gasteiger partial charge is 0.469 e. The summed E-state index contributed by atoms with van der Waals surface area (Å²) in [5, 5.41) is 12.8. The van der Waals surface area contributed by atoms with E-state index in [1.165, 1.54) is 7.11 Å². The molecule has 1 saturated carbocycles. The maximum absolute atomic E-state index is 12.0. The first kappa shape index (κ1) is 20.0. The molecule has 0 aromatic rings. The van der Waals surface area contributed by atoms with Gasteiger partial charge in [0.2, 0.25) is 0 Å². The number of alkyl carbamates (subject to hydrolysis) is 1. The summed E-state index contributed by atoms with van der Waals surface area (Å²) in [5.74, 6) is -0.840. The molecule has 0 heterocycles. The SMILES string of the molecule is COC(=O)[C@H]1C[C@@H](O)[C@H](OCCCl)C[C@H]1NC(=O)OC(C)(C)C. The van der Waals surface area contributed by atoms with Gasteiger partial charge in [-0.3, -0.25) is 4.79 Å². The molecule has 4 atom stereocenters. The number of ether oxygens (including phenoxy) is 3. The molecule has 0 aliphatic heterocycles. The van der Waals surface area contributed by atoms with Crippen LogP contribution in [0.2, 0.25) is 0 Å². The van der Waals surface area contributed by atoms with Crippen LogP contribution < -0.4 is 5.32 Å². The van der Waals surface area contributed by atoms with E-state index in [4.69, 9.17) is 25.8 Å². The van der Waals surface area contributed by atoms with E-state index >= 15 is 0 Å². The third-order valence-electron chi connectivity index (χ3n) is 3.51. The van der Waals surface area contributed by atoms with Crippen LogP contribution in [0.4, 0.5) is 4.79 Å². The Morgan fingerprint density at radius 3 is 2.48 bits per heavy atom. The second-order valence-corrected chi connectivity index (χ2v) is 6.90. The molecule has 134 valence electrons. The maximum atomic E-state index is 12.0. The molecule has 1 fully saturated rings. The van der Waals surface area contributed by atoms with E-state index in [0.29, 0.717) is 5.88 Å². The fraction of sp³-hybridized carbons (Fsp3) is 0.867. The fourth-order valence-electron chi connectivity index (χ4n) is 2.55. The number of hydrogen-bond acceptors (Lipinski definition) is 6. The number of carbonyl (C=O) groups is 2. The normalized spacial score (nSPS) is 28.1. The number of aliphatic hydroxyl groups excluding tert-OH is 1. The van der Waals surface area contributed by atoms with E-state index in [2.05, 4.69) is 5.32 Å². The zero-order valence-corrected chi connectivity index (χ0v) is 14.8. The van der Waals surface area contributed by atoms with Crippen LogP contribution in [0.25, 0.3) is 0 Å². The molecule has 1 aliphatic rings. The molecule has 1 amide bonds. The van der Waals surface area contributed by atoms with E-state index in [0.717, 1.165) is 0 Å². The van der Waals surface area contributed by atoms with Crippen molar-refractivity contribution in [2.24, 2.45) is 5.92 Å². The Labute approximate surface area is 141 Å². The number of hydrogen-bond donors (Lipinski definition) is 2. The molecule has 2 N–H and O–H groups in total. The molecule has 7 nitrogen and oxygen atoms in total. The van der Waals surface area contributed by atoms with Gasteiger partial charge in [-0.15, -0.1) is 11.6 Å². The second kappa shape index (κ2) is 8.70. The second-order valence-electron chi connectivity index (χ2n) is 6.52. The first-order valence-corrected chi connectivity index (χ1v) is 8.14. The van der Waals surface area contributed by atoms with Crippen molar-refractivity contribution in [1.82, 2.24) is 5.32 Å². The molecule has 0 unspecified atom stereocenters. The monoisotopic (exact) mass is 351 g/mol. The molecule has 23 heavy (non-hydrogen) atoms. The van der Waals surface area contributed by atoms with E-state index in [-0.39, 0.29) is 19.4 Å². The lowest BCUT2D eigenvalue weighted by molar-refractivity contribution is -0.153. The minimum absolute atomic E-state index is 0.139. The Hall–Kier alpha value is -1.05. The Bertz CT molecular complexity index is 411. The summed E-state index contributed by atoms with van der Waals surface area (Å²) >= 11 is 5.59. The van der Waals surface area contributed by atoms with Gasteiger partial charge in [0.05, 0.1) is 31.8 Å². The molecular formula is C15H26ClNO6. The summed E-state index contributed by atoms with van der Waals surface area (Å²) in [6.45, 7) is 5.54. The van der Waals surface area contributed by atoms with Gasteiger partial charge in [0.15, 0.2) is 0 Å². The van der Waals surface area contributed by atoms with Crippen LogP contribution >= 0.6 is 11.6 Å². The van der Waals surface area contributed by atoms with E-state index < -0.39 is 41.8 Å². The lowest BCUT2D eigenvalue weighted by Crippen LogP contribution is -2.54. The number of methoxy groups -OCH3 is 1. The van der Waals surface area contributed by atoms with Crippen LogP contribution in [-0.2, 0) is 19.0 Å². The summed E-state index contributed by atoms with van der Waals surface area (Å²) in [6.07, 6.45) is -1.53. The van der Waals surface area contributed by atoms with Crippen molar-refractivity contribution in [3.05, 3.63) is 0 Å². The van der Waals surface area contributed by atoms with Crippen molar-refractivity contribution in [1.29, 1.82) is 0 Å². The topological polar surface area (TPSA) is 94.1 Å². The van der Waals surface area contributed by atoms with Crippen LogP contribution in [-0.4, -0.2) is 60.6 Å². The Morgan fingerprint density at radius 2 is 1.96 bits per heavy atom. The van der Waals surface area contributed by atoms with Crippen LogP contribution in [0.5, 0.6) is 0 Å². The van der Waals surface area contributed by atoms with Crippen LogP contribution in [0, 0.1) is 5.92 Å². The predicted molar refractivity (Wildman–Crippen MR) is 84.4 cm³/mol. The molecule has 0 radical (unpaired) electrons. The summed E-state index contributed by atoms with van der Waals surface area (Å²) < 4.78 is 15.5. The molecule has 1 aliphatic carbocycles. The number of nitrogens with one attached hydrogen (secondary N) is 1. The van der Waals surface area contributed by atoms with Crippen LogP contribution in [0.3, 0.4) is 0 Å². The first-order chi connectivity index (χ1) is 10.7. The van der Waals surface area contributed by atoms with Gasteiger partial charge in [-0.25, -0.2) is 4.79 Å². The molecule has 8 heteroatoms. The molecule has 0 bridgehead atoms. The van der Waals surface area contributed by atoms with Crippen molar-refractivity contribution in [3.63, 3.8) is 0 Å². The highest BCUT2D eigenvalue weighted by Crippen LogP contribution is 2.28. The molecule has 0 spiro atoms. The van der Waals surface area contributed by atoms with Crippen molar-refractivity contribution in [3.8, 4) is 0 Å². The van der Waals surface area contributed by atoms with Crippen molar-refractivity contribution < 1.29 is 28.9 Å². The standard InChI is InChI=1S/C15H26ClNO6/c1-15(2,3)23-14(20)17-10-8-12(22-6-5-16)11(18)7-9(10)13(19)21-4/h9-12,18H,5-8H2,1-4H3,(H,17,20)/t9-,10+,11+,12+/m0/s1. The lowest BCUT2D eigenvalue weighted by atomic mass is 9.81. The van der Waals surface area contributed by atoms with Crippen LogP contribution in [0.15, 0.2) is 0 Å².